The maximum Gasteiger partial charge on any atom is 0.324 e. The molecule has 0 unspecified atom stereocenters. The second-order valence-electron chi connectivity index (χ2n) is 7.65. The highest BCUT2D eigenvalue weighted by atomic mass is 19.2. The van der Waals surface area contributed by atoms with Gasteiger partial charge < -0.3 is 10.2 Å². The summed E-state index contributed by atoms with van der Waals surface area (Å²) in [6, 6.07) is 18.7. The quantitative estimate of drug-likeness (QED) is 0.604. The lowest BCUT2D eigenvalue weighted by Gasteiger charge is -2.35. The number of nitrogens with one attached hydrogen (secondary N) is 1. The molecule has 1 heterocycles. The molecule has 6 nitrogen and oxygen atoms in total. The van der Waals surface area contributed by atoms with E-state index in [0.717, 1.165) is 18.6 Å². The minimum absolute atomic E-state index is 0.183. The molecule has 166 valence electrons. The van der Waals surface area contributed by atoms with Crippen LogP contribution in [0.15, 0.2) is 66.7 Å². The van der Waals surface area contributed by atoms with E-state index in [0.29, 0.717) is 41.2 Å². The number of amides is 3. The van der Waals surface area contributed by atoms with Gasteiger partial charge in [0.2, 0.25) is 0 Å². The van der Waals surface area contributed by atoms with Gasteiger partial charge in [-0.3, -0.25) is 9.69 Å². The molecule has 0 spiro atoms. The highest BCUT2D eigenvalue weighted by Gasteiger charge is 2.27. The zero-order valence-electron chi connectivity index (χ0n) is 17.6. The molecule has 1 saturated heterocycles. The highest BCUT2D eigenvalue weighted by molar-refractivity contribution is 6.04. The molecule has 3 aromatic carbocycles. The third-order valence-electron chi connectivity index (χ3n) is 5.36. The van der Waals surface area contributed by atoms with Crippen LogP contribution in [0.25, 0.3) is 0 Å². The normalized spacial score (nSPS) is 13.5. The molecule has 0 saturated carbocycles. The first kappa shape index (κ1) is 22.0. The Bertz CT molecular complexity index is 1240. The topological polar surface area (TPSA) is 76.4 Å². The second-order valence-corrected chi connectivity index (χ2v) is 7.65. The summed E-state index contributed by atoms with van der Waals surface area (Å²) in [6.07, 6.45) is 0.725. The Morgan fingerprint density at radius 1 is 1.00 bits per heavy atom. The lowest BCUT2D eigenvalue weighted by atomic mass is 10.1. The van der Waals surface area contributed by atoms with Gasteiger partial charge in [-0.15, -0.1) is 0 Å². The molecule has 1 N–H and O–H groups in total. The number of carbonyl (C=O) groups is 2. The number of halogens is 2. The Balaban J connectivity index is 1.43. The van der Waals surface area contributed by atoms with Crippen LogP contribution < -0.4 is 10.2 Å². The van der Waals surface area contributed by atoms with E-state index < -0.39 is 11.6 Å². The monoisotopic (exact) mass is 446 g/mol. The first-order valence-electron chi connectivity index (χ1n) is 10.4. The number of carbonyl (C=O) groups excluding carboxylic acids is 2. The summed E-state index contributed by atoms with van der Waals surface area (Å²) in [4.78, 5) is 28.6. The van der Waals surface area contributed by atoms with Crippen molar-refractivity contribution in [2.24, 2.45) is 0 Å². The van der Waals surface area contributed by atoms with E-state index in [4.69, 9.17) is 5.26 Å². The molecule has 1 fully saturated rings. The van der Waals surface area contributed by atoms with Crippen molar-refractivity contribution in [1.82, 2.24) is 4.90 Å². The van der Waals surface area contributed by atoms with Gasteiger partial charge in [0, 0.05) is 36.6 Å². The summed E-state index contributed by atoms with van der Waals surface area (Å²) in [7, 11) is 0. The van der Waals surface area contributed by atoms with Crippen molar-refractivity contribution < 1.29 is 18.4 Å². The molecular weight excluding hydrogens is 426 g/mol. The SMILES string of the molecule is N#Cc1cccc(C(=O)Nc2ccc(N3CCCN(Cc4ccc(F)c(F)c4)C3=O)cc2)c1. The van der Waals surface area contributed by atoms with Crippen LogP contribution in [0.4, 0.5) is 25.0 Å². The smallest absolute Gasteiger partial charge is 0.322 e. The number of urea groups is 1. The van der Waals surface area contributed by atoms with Gasteiger partial charge in [-0.2, -0.15) is 5.26 Å². The van der Waals surface area contributed by atoms with E-state index in [1.807, 2.05) is 6.07 Å². The van der Waals surface area contributed by atoms with Crippen molar-refractivity contribution >= 4 is 23.3 Å². The third-order valence-corrected chi connectivity index (χ3v) is 5.36. The van der Waals surface area contributed by atoms with Crippen LogP contribution in [0.3, 0.4) is 0 Å². The summed E-state index contributed by atoms with van der Waals surface area (Å²) in [5.74, 6) is -2.20. The van der Waals surface area contributed by atoms with Gasteiger partial charge in [0.25, 0.3) is 5.91 Å². The van der Waals surface area contributed by atoms with Crippen LogP contribution in [0, 0.1) is 23.0 Å². The van der Waals surface area contributed by atoms with Crippen LogP contribution in [-0.2, 0) is 6.54 Å². The molecule has 0 aliphatic carbocycles. The van der Waals surface area contributed by atoms with Gasteiger partial charge in [0.15, 0.2) is 11.6 Å². The van der Waals surface area contributed by atoms with E-state index in [-0.39, 0.29) is 18.5 Å². The lowest BCUT2D eigenvalue weighted by molar-refractivity contribution is 0.102. The van der Waals surface area contributed by atoms with Gasteiger partial charge in [-0.1, -0.05) is 12.1 Å². The van der Waals surface area contributed by atoms with E-state index >= 15 is 0 Å². The molecule has 0 bridgehead atoms. The largest absolute Gasteiger partial charge is 0.324 e. The molecule has 4 rings (SSSR count). The van der Waals surface area contributed by atoms with E-state index in [9.17, 15) is 18.4 Å². The molecule has 1 aliphatic rings. The van der Waals surface area contributed by atoms with Gasteiger partial charge in [-0.05, 0) is 66.6 Å². The van der Waals surface area contributed by atoms with Gasteiger partial charge in [0.1, 0.15) is 0 Å². The molecular formula is C25H20F2N4O2. The number of rotatable bonds is 5. The molecule has 3 amide bonds. The Labute approximate surface area is 189 Å². The van der Waals surface area contributed by atoms with Crippen LogP contribution in [0.5, 0.6) is 0 Å². The fraction of sp³-hybridized carbons (Fsp3) is 0.160. The van der Waals surface area contributed by atoms with Crippen LogP contribution in [-0.4, -0.2) is 29.9 Å². The Hall–Kier alpha value is -4.25. The first-order chi connectivity index (χ1) is 15.9. The Morgan fingerprint density at radius 3 is 2.52 bits per heavy atom. The zero-order valence-corrected chi connectivity index (χ0v) is 17.6. The Kier molecular flexibility index (Phi) is 6.31. The van der Waals surface area contributed by atoms with Crippen molar-refractivity contribution in [2.75, 3.05) is 23.3 Å². The minimum Gasteiger partial charge on any atom is -0.322 e. The van der Waals surface area contributed by atoms with Crippen molar-refractivity contribution in [3.63, 3.8) is 0 Å². The molecule has 1 aliphatic heterocycles. The van der Waals surface area contributed by atoms with Crippen molar-refractivity contribution in [2.45, 2.75) is 13.0 Å². The van der Waals surface area contributed by atoms with Gasteiger partial charge in [-0.25, -0.2) is 13.6 Å². The summed E-state index contributed by atoms with van der Waals surface area (Å²) in [6.45, 7) is 1.23. The standard InChI is InChI=1S/C25H20F2N4O2/c26-22-10-5-18(14-23(22)27)16-30-11-2-12-31(25(30)33)21-8-6-20(7-9-21)29-24(32)19-4-1-3-17(13-19)15-28/h1,3-10,13-14H,2,11-12,16H2,(H,29,32). The minimum atomic E-state index is -0.939. The van der Waals surface area contributed by atoms with Crippen LogP contribution in [0.2, 0.25) is 0 Å². The number of nitrogens with zero attached hydrogens (tertiary/aromatic N) is 3. The van der Waals surface area contributed by atoms with Crippen molar-refractivity contribution in [3.05, 3.63) is 95.1 Å². The summed E-state index contributed by atoms with van der Waals surface area (Å²) >= 11 is 0. The van der Waals surface area contributed by atoms with E-state index in [1.54, 1.807) is 52.3 Å². The zero-order chi connectivity index (χ0) is 23.4. The first-order valence-corrected chi connectivity index (χ1v) is 10.4. The second kappa shape index (κ2) is 9.49. The molecule has 0 aromatic heterocycles. The summed E-state index contributed by atoms with van der Waals surface area (Å²) in [5.41, 5.74) is 2.50. The molecule has 33 heavy (non-hydrogen) atoms. The molecule has 0 atom stereocenters. The van der Waals surface area contributed by atoms with Gasteiger partial charge >= 0.3 is 6.03 Å². The number of benzene rings is 3. The summed E-state index contributed by atoms with van der Waals surface area (Å²) in [5, 5.41) is 11.8. The Morgan fingerprint density at radius 2 is 1.79 bits per heavy atom. The molecule has 0 radical (unpaired) electrons. The van der Waals surface area contributed by atoms with E-state index in [1.165, 1.54) is 12.1 Å². The van der Waals surface area contributed by atoms with Gasteiger partial charge in [0.05, 0.1) is 11.6 Å². The van der Waals surface area contributed by atoms with Crippen LogP contribution in [0.1, 0.15) is 27.9 Å². The summed E-state index contributed by atoms with van der Waals surface area (Å²) < 4.78 is 26.7. The lowest BCUT2D eigenvalue weighted by Crippen LogP contribution is -2.49. The van der Waals surface area contributed by atoms with Crippen molar-refractivity contribution in [3.8, 4) is 6.07 Å². The number of anilines is 2. The maximum absolute atomic E-state index is 13.5. The number of hydrogen-bond acceptors (Lipinski definition) is 3. The van der Waals surface area contributed by atoms with E-state index in [2.05, 4.69) is 5.32 Å². The molecule has 8 heteroatoms. The van der Waals surface area contributed by atoms with Crippen molar-refractivity contribution in [1.29, 1.82) is 5.26 Å². The average Bonchev–Trinajstić information content (AvgIpc) is 2.83. The number of nitriles is 1. The maximum atomic E-state index is 13.5. The fourth-order valence-corrected chi connectivity index (χ4v) is 3.68. The van der Waals surface area contributed by atoms with Crippen LogP contribution >= 0.6 is 0 Å². The predicted molar refractivity (Wildman–Crippen MR) is 120 cm³/mol. The molecule has 3 aromatic rings. The fourth-order valence-electron chi connectivity index (χ4n) is 3.68. The number of hydrogen-bond donors (Lipinski definition) is 1. The third kappa shape index (κ3) is 4.99. The highest BCUT2D eigenvalue weighted by Crippen LogP contribution is 2.24. The predicted octanol–water partition coefficient (Wildman–Crippen LogP) is 4.92. The average molecular weight is 446 g/mol.